The molecular weight excluding hydrogens is 180 g/mol. The van der Waals surface area contributed by atoms with Gasteiger partial charge in [0.25, 0.3) is 0 Å². The van der Waals surface area contributed by atoms with Gasteiger partial charge in [-0.25, -0.2) is 0 Å². The molecule has 0 aliphatic rings. The van der Waals surface area contributed by atoms with E-state index in [-0.39, 0.29) is 11.6 Å². The molecule has 0 rings (SSSR count). The van der Waals surface area contributed by atoms with Gasteiger partial charge in [0.05, 0.1) is 12.1 Å². The number of nitrogens with two attached hydrogens (primary N) is 2. The Labute approximate surface area is 84.3 Å². The number of hydrogen-bond donors (Lipinski definition) is 2. The fraction of sp³-hybridized carbons (Fsp3) is 0.600. The van der Waals surface area contributed by atoms with Crippen molar-refractivity contribution in [2.75, 3.05) is 0 Å². The van der Waals surface area contributed by atoms with Crippen LogP contribution in [0.15, 0.2) is 12.2 Å². The first kappa shape index (κ1) is 13.0. The summed E-state index contributed by atoms with van der Waals surface area (Å²) in [6.07, 6.45) is 4.57. The molecule has 0 aromatic heterocycles. The highest BCUT2D eigenvalue weighted by Gasteiger charge is 2.06. The topological polar surface area (TPSA) is 86.2 Å². The van der Waals surface area contributed by atoms with Gasteiger partial charge in [0, 0.05) is 0 Å². The second kappa shape index (κ2) is 6.45. The van der Waals surface area contributed by atoms with E-state index in [1.165, 1.54) is 13.8 Å². The number of rotatable bonds is 6. The number of carbonyl (C=O) groups is 2. The maximum absolute atomic E-state index is 10.7. The minimum Gasteiger partial charge on any atom is -0.321 e. The lowest BCUT2D eigenvalue weighted by atomic mass is 10.1. The van der Waals surface area contributed by atoms with Crippen molar-refractivity contribution in [3.8, 4) is 0 Å². The average Bonchev–Trinajstić information content (AvgIpc) is 2.11. The lowest BCUT2D eigenvalue weighted by Crippen LogP contribution is -2.28. The van der Waals surface area contributed by atoms with Crippen LogP contribution in [0.4, 0.5) is 0 Å². The second-order valence-corrected chi connectivity index (χ2v) is 3.38. The third kappa shape index (κ3) is 5.61. The zero-order chi connectivity index (χ0) is 11.1. The lowest BCUT2D eigenvalue weighted by Gasteiger charge is -2.04. The summed E-state index contributed by atoms with van der Waals surface area (Å²) in [5.41, 5.74) is 11.0. The molecule has 4 nitrogen and oxygen atoms in total. The van der Waals surface area contributed by atoms with E-state index < -0.39 is 12.1 Å². The molecule has 0 aliphatic carbocycles. The first-order chi connectivity index (χ1) is 6.45. The molecule has 0 bridgehead atoms. The minimum absolute atomic E-state index is 0.0366. The quantitative estimate of drug-likeness (QED) is 0.595. The van der Waals surface area contributed by atoms with Gasteiger partial charge in [-0.15, -0.1) is 0 Å². The van der Waals surface area contributed by atoms with Crippen LogP contribution in [0.2, 0.25) is 0 Å². The minimum atomic E-state index is -0.445. The summed E-state index contributed by atoms with van der Waals surface area (Å²) in [6, 6.07) is -0.889. The molecule has 0 unspecified atom stereocenters. The summed E-state index contributed by atoms with van der Waals surface area (Å²) >= 11 is 0. The van der Waals surface area contributed by atoms with Crippen molar-refractivity contribution in [1.82, 2.24) is 0 Å². The Morgan fingerprint density at radius 2 is 1.29 bits per heavy atom. The molecule has 14 heavy (non-hydrogen) atoms. The van der Waals surface area contributed by atoms with E-state index in [9.17, 15) is 9.59 Å². The van der Waals surface area contributed by atoms with Gasteiger partial charge >= 0.3 is 0 Å². The normalized spacial score (nSPS) is 15.4. The Hall–Kier alpha value is -1.00. The van der Waals surface area contributed by atoms with Crippen molar-refractivity contribution in [3.05, 3.63) is 12.2 Å². The highest BCUT2D eigenvalue weighted by atomic mass is 16.1. The summed E-state index contributed by atoms with van der Waals surface area (Å²) in [7, 11) is 0. The number of Topliss-reactive ketones (excluding diaryl/α,β-unsaturated/α-hetero) is 2. The first-order valence-electron chi connectivity index (χ1n) is 4.62. The van der Waals surface area contributed by atoms with Crippen molar-refractivity contribution in [2.45, 2.75) is 38.8 Å². The third-order valence-corrected chi connectivity index (χ3v) is 1.99. The van der Waals surface area contributed by atoms with Gasteiger partial charge in [-0.05, 0) is 26.7 Å². The molecule has 0 aromatic carbocycles. The molecule has 4 N–H and O–H groups in total. The lowest BCUT2D eigenvalue weighted by molar-refractivity contribution is -0.119. The van der Waals surface area contributed by atoms with Gasteiger partial charge in [0.1, 0.15) is 11.6 Å². The predicted molar refractivity (Wildman–Crippen MR) is 55.7 cm³/mol. The molecule has 0 spiro atoms. The molecule has 2 atom stereocenters. The summed E-state index contributed by atoms with van der Waals surface area (Å²) in [6.45, 7) is 2.92. The van der Waals surface area contributed by atoms with E-state index in [1.54, 1.807) is 12.2 Å². The summed E-state index contributed by atoms with van der Waals surface area (Å²) in [5, 5.41) is 0. The molecule has 0 saturated carbocycles. The van der Waals surface area contributed by atoms with Crippen LogP contribution in [0.1, 0.15) is 26.7 Å². The Bertz CT molecular complexity index is 212. The summed E-state index contributed by atoms with van der Waals surface area (Å²) in [5.74, 6) is -0.0731. The Kier molecular flexibility index (Phi) is 5.99. The number of carbonyl (C=O) groups excluding carboxylic acids is 2. The zero-order valence-electron chi connectivity index (χ0n) is 8.69. The van der Waals surface area contributed by atoms with Crippen molar-refractivity contribution >= 4 is 11.6 Å². The van der Waals surface area contributed by atoms with Crippen LogP contribution >= 0.6 is 0 Å². The highest BCUT2D eigenvalue weighted by molar-refractivity contribution is 5.81. The molecule has 0 fully saturated rings. The van der Waals surface area contributed by atoms with E-state index in [4.69, 9.17) is 11.5 Å². The maximum Gasteiger partial charge on any atom is 0.146 e. The van der Waals surface area contributed by atoms with Crippen molar-refractivity contribution in [3.63, 3.8) is 0 Å². The monoisotopic (exact) mass is 198 g/mol. The molecular formula is C10H18N2O2. The Morgan fingerprint density at radius 3 is 1.50 bits per heavy atom. The molecule has 0 amide bonds. The standard InChI is InChI=1S/C10H18N2O2/c1-7(13)9(11)5-3-4-6-10(12)8(2)14/h3-4,9-10H,5-6,11-12H2,1-2H3/b4-3+/t9-,10-/m0/s1. The summed E-state index contributed by atoms with van der Waals surface area (Å²) in [4.78, 5) is 21.5. The molecule has 0 saturated heterocycles. The van der Waals surface area contributed by atoms with Crippen LogP contribution in [0, 0.1) is 0 Å². The van der Waals surface area contributed by atoms with E-state index in [0.717, 1.165) is 0 Å². The van der Waals surface area contributed by atoms with Gasteiger partial charge in [-0.2, -0.15) is 0 Å². The van der Waals surface area contributed by atoms with Crippen LogP contribution in [0.5, 0.6) is 0 Å². The van der Waals surface area contributed by atoms with Crippen molar-refractivity contribution in [1.29, 1.82) is 0 Å². The first-order valence-corrected chi connectivity index (χ1v) is 4.62. The van der Waals surface area contributed by atoms with Gasteiger partial charge in [-0.3, -0.25) is 9.59 Å². The van der Waals surface area contributed by atoms with Crippen LogP contribution in [-0.2, 0) is 9.59 Å². The van der Waals surface area contributed by atoms with Gasteiger partial charge in [-0.1, -0.05) is 12.2 Å². The smallest absolute Gasteiger partial charge is 0.146 e. The molecule has 0 heterocycles. The van der Waals surface area contributed by atoms with E-state index in [1.807, 2.05) is 0 Å². The fourth-order valence-corrected chi connectivity index (χ4v) is 0.818. The highest BCUT2D eigenvalue weighted by Crippen LogP contribution is 1.96. The van der Waals surface area contributed by atoms with Gasteiger partial charge < -0.3 is 11.5 Å². The number of hydrogen-bond acceptors (Lipinski definition) is 4. The predicted octanol–water partition coefficient (Wildman–Crippen LogP) is 0.155. The molecule has 80 valence electrons. The SMILES string of the molecule is CC(=O)[C@@H](N)C/C=C/C[C@H](N)C(C)=O. The van der Waals surface area contributed by atoms with Crippen molar-refractivity contribution < 1.29 is 9.59 Å². The van der Waals surface area contributed by atoms with Gasteiger partial charge in [0.2, 0.25) is 0 Å². The van der Waals surface area contributed by atoms with E-state index >= 15 is 0 Å². The molecule has 4 heteroatoms. The van der Waals surface area contributed by atoms with Crippen LogP contribution in [0.25, 0.3) is 0 Å². The molecule has 0 aromatic rings. The molecule has 0 aliphatic heterocycles. The van der Waals surface area contributed by atoms with Gasteiger partial charge in [0.15, 0.2) is 0 Å². The fourth-order valence-electron chi connectivity index (χ4n) is 0.818. The zero-order valence-corrected chi connectivity index (χ0v) is 8.69. The van der Waals surface area contributed by atoms with Crippen molar-refractivity contribution in [2.24, 2.45) is 11.5 Å². The van der Waals surface area contributed by atoms with Crippen LogP contribution < -0.4 is 11.5 Å². The van der Waals surface area contributed by atoms with E-state index in [0.29, 0.717) is 12.8 Å². The maximum atomic E-state index is 10.7. The largest absolute Gasteiger partial charge is 0.321 e. The summed E-state index contributed by atoms with van der Waals surface area (Å²) < 4.78 is 0. The molecule has 0 radical (unpaired) electrons. The Morgan fingerprint density at radius 1 is 1.00 bits per heavy atom. The third-order valence-electron chi connectivity index (χ3n) is 1.99. The number of ketones is 2. The Balaban J connectivity index is 3.74. The second-order valence-electron chi connectivity index (χ2n) is 3.38. The van der Waals surface area contributed by atoms with E-state index in [2.05, 4.69) is 0 Å². The van der Waals surface area contributed by atoms with Crippen LogP contribution in [0.3, 0.4) is 0 Å². The average molecular weight is 198 g/mol. The van der Waals surface area contributed by atoms with Crippen LogP contribution in [-0.4, -0.2) is 23.7 Å².